The van der Waals surface area contributed by atoms with Gasteiger partial charge in [-0.2, -0.15) is 0 Å². The first-order valence-corrected chi connectivity index (χ1v) is 9.65. The Kier molecular flexibility index (Phi) is 4.51. The number of hydrogen-bond acceptors (Lipinski definition) is 6. The van der Waals surface area contributed by atoms with Crippen LogP contribution in [-0.4, -0.2) is 27.2 Å². The van der Waals surface area contributed by atoms with Crippen LogP contribution in [0.1, 0.15) is 44.1 Å². The second-order valence-corrected chi connectivity index (χ2v) is 8.90. The third kappa shape index (κ3) is 3.77. The van der Waals surface area contributed by atoms with E-state index >= 15 is 0 Å². The van der Waals surface area contributed by atoms with Gasteiger partial charge in [-0.3, -0.25) is 4.79 Å². The van der Waals surface area contributed by atoms with E-state index in [4.69, 9.17) is 5.73 Å². The van der Waals surface area contributed by atoms with Gasteiger partial charge in [-0.15, -0.1) is 11.3 Å². The SMILES string of the molecule is CC(C)(C)NC(=O)CSc1nc(N)c2c3c(sc2n1)CCCC3. The molecule has 124 valence electrons. The van der Waals surface area contributed by atoms with Crippen molar-refractivity contribution < 1.29 is 4.79 Å². The standard InChI is InChI=1S/C16H22N4OS2/c1-16(2,3)20-11(21)8-22-15-18-13(17)12-9-6-4-5-7-10(9)23-14(12)19-15/h4-8H2,1-3H3,(H,20,21)(H2,17,18,19). The average Bonchev–Trinajstić information content (AvgIpc) is 2.82. The first-order valence-electron chi connectivity index (χ1n) is 7.85. The molecule has 0 bridgehead atoms. The van der Waals surface area contributed by atoms with Gasteiger partial charge < -0.3 is 11.1 Å². The Morgan fingerprint density at radius 1 is 1.30 bits per heavy atom. The van der Waals surface area contributed by atoms with E-state index in [1.165, 1.54) is 35.0 Å². The molecule has 0 atom stereocenters. The van der Waals surface area contributed by atoms with Crippen molar-refractivity contribution in [3.63, 3.8) is 0 Å². The molecule has 0 fully saturated rings. The van der Waals surface area contributed by atoms with Crippen LogP contribution in [-0.2, 0) is 17.6 Å². The number of hydrogen-bond donors (Lipinski definition) is 2. The van der Waals surface area contributed by atoms with Gasteiger partial charge in [0.05, 0.1) is 11.1 Å². The zero-order valence-corrected chi connectivity index (χ0v) is 15.4. The number of nitrogens with zero attached hydrogens (tertiary/aromatic N) is 2. The van der Waals surface area contributed by atoms with Crippen molar-refractivity contribution in [3.8, 4) is 0 Å². The summed E-state index contributed by atoms with van der Waals surface area (Å²) in [4.78, 5) is 23.3. The lowest BCUT2D eigenvalue weighted by atomic mass is 9.97. The number of rotatable bonds is 3. The van der Waals surface area contributed by atoms with Gasteiger partial charge in [-0.05, 0) is 52.0 Å². The minimum absolute atomic E-state index is 0.0183. The maximum absolute atomic E-state index is 11.9. The van der Waals surface area contributed by atoms with Gasteiger partial charge in [0.1, 0.15) is 10.6 Å². The van der Waals surface area contributed by atoms with Gasteiger partial charge in [-0.25, -0.2) is 9.97 Å². The molecule has 0 saturated carbocycles. The lowest BCUT2D eigenvalue weighted by Crippen LogP contribution is -2.41. The molecule has 0 unspecified atom stereocenters. The quantitative estimate of drug-likeness (QED) is 0.656. The zero-order valence-electron chi connectivity index (χ0n) is 13.7. The molecule has 0 saturated heterocycles. The molecule has 7 heteroatoms. The molecule has 1 amide bonds. The molecule has 0 aromatic carbocycles. The van der Waals surface area contributed by atoms with E-state index in [1.54, 1.807) is 11.3 Å². The maximum Gasteiger partial charge on any atom is 0.230 e. The van der Waals surface area contributed by atoms with E-state index in [-0.39, 0.29) is 11.4 Å². The van der Waals surface area contributed by atoms with Crippen molar-refractivity contribution in [1.82, 2.24) is 15.3 Å². The number of thiophene rings is 1. The molecule has 1 aliphatic rings. The van der Waals surface area contributed by atoms with Crippen LogP contribution in [0.25, 0.3) is 10.2 Å². The molecular formula is C16H22N4OS2. The number of nitrogens with two attached hydrogens (primary N) is 1. The topological polar surface area (TPSA) is 80.9 Å². The average molecular weight is 351 g/mol. The van der Waals surface area contributed by atoms with Gasteiger partial charge in [0, 0.05) is 10.4 Å². The number of aryl methyl sites for hydroxylation is 2. The largest absolute Gasteiger partial charge is 0.383 e. The lowest BCUT2D eigenvalue weighted by molar-refractivity contribution is -0.119. The summed E-state index contributed by atoms with van der Waals surface area (Å²) in [6, 6.07) is 0. The number of amides is 1. The first-order chi connectivity index (χ1) is 10.8. The van der Waals surface area contributed by atoms with Crippen molar-refractivity contribution in [1.29, 1.82) is 0 Å². The molecule has 1 aliphatic carbocycles. The predicted molar refractivity (Wildman–Crippen MR) is 97.1 cm³/mol. The van der Waals surface area contributed by atoms with Crippen molar-refractivity contribution in [2.45, 2.75) is 57.1 Å². The summed E-state index contributed by atoms with van der Waals surface area (Å²) in [5, 5.41) is 4.55. The Hall–Kier alpha value is -1.34. The molecule has 23 heavy (non-hydrogen) atoms. The highest BCUT2D eigenvalue weighted by atomic mass is 32.2. The van der Waals surface area contributed by atoms with Gasteiger partial charge in [0.25, 0.3) is 0 Å². The highest BCUT2D eigenvalue weighted by Gasteiger charge is 2.20. The van der Waals surface area contributed by atoms with Gasteiger partial charge in [-0.1, -0.05) is 11.8 Å². The molecule has 5 nitrogen and oxygen atoms in total. The third-order valence-corrected chi connectivity index (χ3v) is 5.70. The number of carbonyl (C=O) groups is 1. The Balaban J connectivity index is 1.79. The van der Waals surface area contributed by atoms with Crippen LogP contribution in [0, 0.1) is 0 Å². The fraction of sp³-hybridized carbons (Fsp3) is 0.562. The third-order valence-electron chi connectivity index (χ3n) is 3.67. The van der Waals surface area contributed by atoms with Crippen molar-refractivity contribution >= 4 is 45.0 Å². The van der Waals surface area contributed by atoms with Crippen LogP contribution in [0.3, 0.4) is 0 Å². The van der Waals surface area contributed by atoms with Crippen LogP contribution in [0.4, 0.5) is 5.82 Å². The number of aromatic nitrogens is 2. The summed E-state index contributed by atoms with van der Waals surface area (Å²) in [7, 11) is 0. The Morgan fingerprint density at radius 2 is 2.04 bits per heavy atom. The summed E-state index contributed by atoms with van der Waals surface area (Å²) >= 11 is 3.06. The number of anilines is 1. The van der Waals surface area contributed by atoms with E-state index in [0.29, 0.717) is 16.7 Å². The molecule has 0 aliphatic heterocycles. The fourth-order valence-corrected chi connectivity index (χ4v) is 4.79. The second-order valence-electron chi connectivity index (χ2n) is 6.87. The van der Waals surface area contributed by atoms with Gasteiger partial charge in [0.2, 0.25) is 5.91 Å². The highest BCUT2D eigenvalue weighted by molar-refractivity contribution is 7.99. The van der Waals surface area contributed by atoms with E-state index in [2.05, 4.69) is 15.3 Å². The highest BCUT2D eigenvalue weighted by Crippen LogP contribution is 2.38. The molecule has 0 radical (unpaired) electrons. The Bertz CT molecular complexity index is 749. The summed E-state index contributed by atoms with van der Waals surface area (Å²) in [6.45, 7) is 5.89. The maximum atomic E-state index is 11.9. The minimum atomic E-state index is -0.228. The summed E-state index contributed by atoms with van der Waals surface area (Å²) in [5.41, 5.74) is 7.29. The number of thioether (sulfide) groups is 1. The van der Waals surface area contributed by atoms with E-state index in [9.17, 15) is 4.79 Å². The summed E-state index contributed by atoms with van der Waals surface area (Å²) in [5.74, 6) is 0.830. The Morgan fingerprint density at radius 3 is 2.78 bits per heavy atom. The minimum Gasteiger partial charge on any atom is -0.383 e. The van der Waals surface area contributed by atoms with Crippen LogP contribution >= 0.6 is 23.1 Å². The smallest absolute Gasteiger partial charge is 0.230 e. The molecule has 2 aromatic heterocycles. The molecule has 0 spiro atoms. The van der Waals surface area contributed by atoms with Crippen molar-refractivity contribution in [2.75, 3.05) is 11.5 Å². The van der Waals surface area contributed by atoms with Crippen LogP contribution in [0.15, 0.2) is 5.16 Å². The molecule has 2 aromatic rings. The van der Waals surface area contributed by atoms with Gasteiger partial charge >= 0.3 is 0 Å². The van der Waals surface area contributed by atoms with Crippen molar-refractivity contribution in [2.24, 2.45) is 0 Å². The van der Waals surface area contributed by atoms with E-state index < -0.39 is 0 Å². The number of carbonyl (C=O) groups excluding carboxylic acids is 1. The fourth-order valence-electron chi connectivity index (χ4n) is 2.81. The predicted octanol–water partition coefficient (Wildman–Crippen LogP) is 3.16. The van der Waals surface area contributed by atoms with Crippen LogP contribution < -0.4 is 11.1 Å². The normalized spacial score (nSPS) is 14.7. The zero-order chi connectivity index (χ0) is 16.6. The molecule has 2 heterocycles. The molecular weight excluding hydrogens is 328 g/mol. The van der Waals surface area contributed by atoms with Crippen LogP contribution in [0.2, 0.25) is 0 Å². The first kappa shape index (κ1) is 16.5. The molecule has 3 rings (SSSR count). The Labute approximate surface area is 144 Å². The number of nitrogens with one attached hydrogen (secondary N) is 1. The molecule has 3 N–H and O–H groups in total. The second kappa shape index (κ2) is 6.28. The van der Waals surface area contributed by atoms with Crippen molar-refractivity contribution in [3.05, 3.63) is 10.4 Å². The van der Waals surface area contributed by atoms with E-state index in [1.807, 2.05) is 20.8 Å². The van der Waals surface area contributed by atoms with Gasteiger partial charge in [0.15, 0.2) is 5.16 Å². The summed E-state index contributed by atoms with van der Waals surface area (Å²) < 4.78 is 0. The summed E-state index contributed by atoms with van der Waals surface area (Å²) in [6.07, 6.45) is 4.64. The number of nitrogen functional groups attached to an aromatic ring is 1. The van der Waals surface area contributed by atoms with Crippen LogP contribution in [0.5, 0.6) is 0 Å². The monoisotopic (exact) mass is 350 g/mol. The van der Waals surface area contributed by atoms with E-state index in [0.717, 1.165) is 23.1 Å². The number of fused-ring (bicyclic) bond motifs is 3. The lowest BCUT2D eigenvalue weighted by Gasteiger charge is -2.20.